The molecule has 0 radical (unpaired) electrons. The summed E-state index contributed by atoms with van der Waals surface area (Å²) in [6, 6.07) is 70.8. The van der Waals surface area contributed by atoms with E-state index in [2.05, 4.69) is 218 Å². The van der Waals surface area contributed by atoms with E-state index in [1.165, 1.54) is 139 Å². The Morgan fingerprint density at radius 2 is 0.602 bits per heavy atom. The van der Waals surface area contributed by atoms with Crippen LogP contribution in [0.5, 0.6) is 0 Å². The molecule has 0 N–H and O–H groups in total. The van der Waals surface area contributed by atoms with Crippen LogP contribution in [0.2, 0.25) is 0 Å². The third-order valence-electron chi connectivity index (χ3n) is 26.7. The van der Waals surface area contributed by atoms with Crippen molar-refractivity contribution in [2.75, 3.05) is 0 Å². The zero-order valence-corrected chi connectivity index (χ0v) is 74.1. The van der Waals surface area contributed by atoms with Gasteiger partial charge in [0.15, 0.2) is 22.3 Å². The summed E-state index contributed by atoms with van der Waals surface area (Å²) < 4.78 is 130. The number of aromatic nitrogens is 8. The molecule has 0 aliphatic heterocycles. The zero-order chi connectivity index (χ0) is 89.3. The van der Waals surface area contributed by atoms with Crippen LogP contribution in [0.4, 0.5) is 30.7 Å². The lowest BCUT2D eigenvalue weighted by atomic mass is 9.83. The van der Waals surface area contributed by atoms with E-state index in [4.69, 9.17) is 17.7 Å². The Kier molecular flexibility index (Phi) is 21.6. The molecule has 0 amide bonds. The fourth-order valence-electron chi connectivity index (χ4n) is 20.1. The number of hydrogen-bond acceptors (Lipinski definition) is 8. The van der Waals surface area contributed by atoms with Crippen molar-refractivity contribution in [1.29, 1.82) is 0 Å². The Labute approximate surface area is 736 Å². The van der Waals surface area contributed by atoms with E-state index in [9.17, 15) is 30.7 Å². The predicted molar refractivity (Wildman–Crippen MR) is 495 cm³/mol. The summed E-state index contributed by atoms with van der Waals surface area (Å²) >= 11 is 0. The second-order valence-corrected chi connectivity index (χ2v) is 37.0. The minimum atomic E-state index is -4.35. The van der Waals surface area contributed by atoms with Crippen LogP contribution in [-0.4, -0.2) is 26.1 Å². The molecule has 2 aliphatic rings. The maximum Gasteiger partial charge on any atom is 0.394 e. The molecular formula is C109H99F7N8O4+4. The summed E-state index contributed by atoms with van der Waals surface area (Å²) in [5, 5.41) is 11.6. The first-order valence-corrected chi connectivity index (χ1v) is 44.1. The van der Waals surface area contributed by atoms with Crippen molar-refractivity contribution in [3.8, 4) is 45.0 Å². The average molecular weight is 1720 g/mol. The summed E-state index contributed by atoms with van der Waals surface area (Å²) in [6.07, 6.45) is 7.95. The standard InChI is InChI=1S/C28H26FN2O.C27H23F4N2O.C27H24FN2O.C27H26FN2O/c1-17-11-12-21-22-13-14-25(29)30-28(22)32-27(21)26(17)24-16-19(15-18-7-3-4-8-18)20-9-5-6-10-23(20)31(24)2;1-15-9-10-18-19-11-12-22(28)32-25(19)34-24(18)23(15)21-13-16(14-26(2,3)27(29,30)31)17-7-5-6-8-20(17)33(21)4;1-16-11-12-19-20-13-14-24(28)29-27(20)31-26(19)25(16)23-15-21(17-7-3-4-8-17)18-9-5-6-10-22(18)30(23)2;1-16-10-11-19-20-12-13-23(28)29-26(20)31-25(19)24(16)22-14-17(15-27(2,3)4)18-8-6-7-9-21(18)30(22)5/h5-6,9-14,16,18H,3-4,7-8,15H2,1-2H3;5-13H,14H2,1-4H3;5-6,9-15,17H,3-4,7-8H2,1-2H3;6-14H,15H2,1-5H3/q4*+1. The van der Waals surface area contributed by atoms with Crippen LogP contribution in [0.1, 0.15) is 136 Å². The van der Waals surface area contributed by atoms with Gasteiger partial charge in [0.1, 0.15) is 28.2 Å². The van der Waals surface area contributed by atoms with Gasteiger partial charge < -0.3 is 17.7 Å². The number of para-hydroxylation sites is 4. The first kappa shape index (κ1) is 84.2. The predicted octanol–water partition coefficient (Wildman–Crippen LogP) is 27.4. The van der Waals surface area contributed by atoms with Crippen molar-refractivity contribution in [2.24, 2.45) is 44.9 Å². The molecule has 2 fully saturated rings. The first-order chi connectivity index (χ1) is 61.4. The molecule has 22 rings (SSSR count). The van der Waals surface area contributed by atoms with Gasteiger partial charge in [-0.15, -0.1) is 0 Å². The second-order valence-electron chi connectivity index (χ2n) is 37.0. The molecule has 0 saturated heterocycles. The van der Waals surface area contributed by atoms with Crippen LogP contribution in [0.25, 0.3) is 177 Å². The summed E-state index contributed by atoms with van der Waals surface area (Å²) in [6.45, 7) is 17.5. The highest BCUT2D eigenvalue weighted by atomic mass is 19.4. The number of pyridine rings is 8. The number of rotatable bonds is 10. The highest BCUT2D eigenvalue weighted by Gasteiger charge is 2.48. The fraction of sp³-hybridized carbons (Fsp3) is 0.266. The Balaban J connectivity index is 0.000000111. The van der Waals surface area contributed by atoms with Gasteiger partial charge in [-0.2, -0.15) is 68.9 Å². The lowest BCUT2D eigenvalue weighted by Gasteiger charge is -2.28. The van der Waals surface area contributed by atoms with Crippen molar-refractivity contribution < 1.29 is 66.7 Å². The molecular weight excluding hydrogens is 1620 g/mol. The van der Waals surface area contributed by atoms with Crippen molar-refractivity contribution in [3.05, 3.63) is 287 Å². The zero-order valence-electron chi connectivity index (χ0n) is 74.1. The summed E-state index contributed by atoms with van der Waals surface area (Å²) in [4.78, 5) is 15.8. The van der Waals surface area contributed by atoms with Gasteiger partial charge in [-0.25, -0.2) is 0 Å². The van der Waals surface area contributed by atoms with Gasteiger partial charge in [-0.3, -0.25) is 0 Å². The number of aryl methyl sites for hydroxylation is 8. The number of furan rings is 4. The highest BCUT2D eigenvalue weighted by Crippen LogP contribution is 2.48. The summed E-state index contributed by atoms with van der Waals surface area (Å²) in [7, 11) is 8.22. The van der Waals surface area contributed by atoms with Gasteiger partial charge in [-0.1, -0.05) is 170 Å². The van der Waals surface area contributed by atoms with E-state index in [0.29, 0.717) is 45.3 Å². The van der Waals surface area contributed by atoms with Crippen LogP contribution in [-0.2, 0) is 47.5 Å². The third-order valence-corrected chi connectivity index (χ3v) is 26.7. The van der Waals surface area contributed by atoms with Gasteiger partial charge in [0.25, 0.3) is 0 Å². The number of alkyl halides is 3. The smallest absolute Gasteiger partial charge is 0.394 e. The SMILES string of the molecule is Cc1ccc2c(oc3nc(F)ccc32)c1-c1cc(C2CCCC2)c2ccccc2[n+]1C.Cc1ccc2c(oc3nc(F)ccc32)c1-c1cc(CC(C)(C)C(F)(F)F)c2ccccc2[n+]1C.Cc1ccc2c(oc3nc(F)ccc32)c1-c1cc(CC(C)(C)C)c2ccccc2[n+]1C.Cc1ccc2c(oc3nc(F)ccc32)c1-c1cc(CC2CCCC2)c2ccccc2[n+]1C. The van der Waals surface area contributed by atoms with Crippen LogP contribution in [0.15, 0.2) is 236 Å². The monoisotopic (exact) mass is 1720 g/mol. The number of nitrogens with zero attached hydrogens (tertiary/aromatic N) is 8. The second kappa shape index (κ2) is 32.8. The van der Waals surface area contributed by atoms with Gasteiger partial charge in [0.05, 0.1) is 27.7 Å². The summed E-state index contributed by atoms with van der Waals surface area (Å²) in [5.41, 5.74) is 23.7. The van der Waals surface area contributed by atoms with E-state index in [-0.39, 0.29) is 17.5 Å². The maximum atomic E-state index is 13.8. The van der Waals surface area contributed by atoms with Gasteiger partial charge in [0, 0.05) is 113 Å². The van der Waals surface area contributed by atoms with E-state index in [0.717, 1.165) is 146 Å². The average Bonchev–Trinajstić information content (AvgIpc) is 0.990. The number of hydrogen-bond donors (Lipinski definition) is 0. The van der Waals surface area contributed by atoms with E-state index >= 15 is 0 Å². The molecule has 12 nitrogen and oxygen atoms in total. The quantitative estimate of drug-likeness (QED) is 0.0754. The van der Waals surface area contributed by atoms with Gasteiger partial charge in [-0.05, 0) is 194 Å². The summed E-state index contributed by atoms with van der Waals surface area (Å²) in [5.74, 6) is -0.870. The van der Waals surface area contributed by atoms with Crippen molar-refractivity contribution in [3.63, 3.8) is 0 Å². The highest BCUT2D eigenvalue weighted by molar-refractivity contribution is 6.12. The molecule has 0 unspecified atom stereocenters. The molecule has 128 heavy (non-hydrogen) atoms. The molecule has 19 heteroatoms. The minimum absolute atomic E-state index is 0.155. The van der Waals surface area contributed by atoms with Crippen molar-refractivity contribution in [2.45, 2.75) is 145 Å². The third kappa shape index (κ3) is 15.2. The largest absolute Gasteiger partial charge is 0.437 e. The van der Waals surface area contributed by atoms with Crippen LogP contribution >= 0.6 is 0 Å². The Hall–Kier alpha value is -13.3. The van der Waals surface area contributed by atoms with E-state index in [1.807, 2.05) is 67.1 Å². The minimum Gasteiger partial charge on any atom is -0.437 e. The molecule has 8 aromatic carbocycles. The lowest BCUT2D eigenvalue weighted by Crippen LogP contribution is -2.36. The Morgan fingerprint density at radius 1 is 0.320 bits per heavy atom. The molecule has 2 aliphatic carbocycles. The molecule has 644 valence electrons. The topological polar surface area (TPSA) is 120 Å². The van der Waals surface area contributed by atoms with Crippen molar-refractivity contribution >= 4 is 132 Å². The van der Waals surface area contributed by atoms with Crippen LogP contribution < -0.4 is 18.3 Å². The molecule has 20 aromatic rings. The Bertz CT molecular complexity index is 7870. The van der Waals surface area contributed by atoms with Crippen molar-refractivity contribution in [1.82, 2.24) is 19.9 Å². The van der Waals surface area contributed by atoms with Crippen LogP contribution in [0.3, 0.4) is 0 Å². The molecule has 0 atom stereocenters. The van der Waals surface area contributed by atoms with Gasteiger partial charge in [0.2, 0.25) is 91.5 Å². The molecule has 0 spiro atoms. The molecule has 12 heterocycles. The first-order valence-electron chi connectivity index (χ1n) is 44.1. The maximum absolute atomic E-state index is 13.8. The Morgan fingerprint density at radius 3 is 0.938 bits per heavy atom. The molecule has 2 saturated carbocycles. The molecule has 0 bridgehead atoms. The fourth-order valence-corrected chi connectivity index (χ4v) is 20.1. The van der Waals surface area contributed by atoms with E-state index in [1.54, 1.807) is 24.3 Å². The number of fused-ring (bicyclic) bond motifs is 16. The molecule has 12 aromatic heterocycles. The lowest BCUT2D eigenvalue weighted by molar-refractivity contribution is -0.633. The van der Waals surface area contributed by atoms with E-state index < -0.39 is 35.4 Å². The number of halogens is 7. The van der Waals surface area contributed by atoms with Gasteiger partial charge >= 0.3 is 6.18 Å². The van der Waals surface area contributed by atoms with Crippen LogP contribution in [0, 0.1) is 68.2 Å². The normalized spacial score (nSPS) is 13.7. The number of benzene rings is 8.